The number of H-pyrrole nitrogens is 2. The molecule has 2 aromatic heterocycles. The minimum Gasteiger partial charge on any atom is -0.358 e. The minimum absolute atomic E-state index is 0.163. The predicted octanol–water partition coefficient (Wildman–Crippen LogP) is 1.97. The summed E-state index contributed by atoms with van der Waals surface area (Å²) >= 11 is 0. The van der Waals surface area contributed by atoms with E-state index >= 15 is 0 Å². The zero-order chi connectivity index (χ0) is 17.3. The fourth-order valence-electron chi connectivity index (χ4n) is 2.35. The van der Waals surface area contributed by atoms with Crippen molar-refractivity contribution in [3.63, 3.8) is 0 Å². The molecule has 9 nitrogen and oxygen atoms in total. The molecule has 3 rings (SSSR count). The maximum atomic E-state index is 12.1. The lowest BCUT2D eigenvalue weighted by atomic mass is 10.1. The highest BCUT2D eigenvalue weighted by molar-refractivity contribution is 6.06. The van der Waals surface area contributed by atoms with Crippen molar-refractivity contribution in [2.45, 2.75) is 13.3 Å². The summed E-state index contributed by atoms with van der Waals surface area (Å²) < 4.78 is 0. The standard InChI is InChI=1S/C15H13N5O4/c1-2-8-6-13(21)10-5-9(3-4-11(10)17-8)18-15(22)14-12(20(23)24)7-16-19-14/h3-7H,2H2,1H3,(H,16,19)(H,17,21)(H,18,22). The summed E-state index contributed by atoms with van der Waals surface area (Å²) in [5, 5.41) is 19.6. The molecule has 0 bridgehead atoms. The van der Waals surface area contributed by atoms with Gasteiger partial charge in [-0.3, -0.25) is 24.8 Å². The number of rotatable bonds is 4. The first-order chi connectivity index (χ1) is 11.5. The highest BCUT2D eigenvalue weighted by atomic mass is 16.6. The van der Waals surface area contributed by atoms with E-state index < -0.39 is 16.5 Å². The second kappa shape index (κ2) is 5.95. The molecule has 0 saturated heterocycles. The number of nitrogens with one attached hydrogen (secondary N) is 3. The first-order valence-electron chi connectivity index (χ1n) is 7.14. The average Bonchev–Trinajstić information content (AvgIpc) is 3.05. The number of carbonyl (C=O) groups is 1. The summed E-state index contributed by atoms with van der Waals surface area (Å²) in [5.41, 5.74) is 0.992. The summed E-state index contributed by atoms with van der Waals surface area (Å²) in [6, 6.07) is 6.31. The van der Waals surface area contributed by atoms with Gasteiger partial charge in [-0.25, -0.2) is 0 Å². The van der Waals surface area contributed by atoms with Gasteiger partial charge in [0.2, 0.25) is 5.69 Å². The van der Waals surface area contributed by atoms with Crippen LogP contribution < -0.4 is 10.7 Å². The monoisotopic (exact) mass is 327 g/mol. The molecule has 0 spiro atoms. The van der Waals surface area contributed by atoms with Crippen LogP contribution in [-0.4, -0.2) is 26.0 Å². The van der Waals surface area contributed by atoms with Crippen LogP contribution in [0.15, 0.2) is 35.3 Å². The molecule has 0 aliphatic carbocycles. The first kappa shape index (κ1) is 15.4. The molecule has 0 fully saturated rings. The number of benzene rings is 1. The predicted molar refractivity (Wildman–Crippen MR) is 87.1 cm³/mol. The topological polar surface area (TPSA) is 134 Å². The Morgan fingerprint density at radius 1 is 1.38 bits per heavy atom. The van der Waals surface area contributed by atoms with Gasteiger partial charge in [0.1, 0.15) is 6.20 Å². The molecule has 0 aliphatic rings. The lowest BCUT2D eigenvalue weighted by Crippen LogP contribution is -2.14. The normalized spacial score (nSPS) is 10.7. The summed E-state index contributed by atoms with van der Waals surface area (Å²) in [6.45, 7) is 1.93. The number of hydrogen-bond acceptors (Lipinski definition) is 5. The first-order valence-corrected chi connectivity index (χ1v) is 7.14. The summed E-state index contributed by atoms with van der Waals surface area (Å²) in [7, 11) is 0. The van der Waals surface area contributed by atoms with E-state index in [1.807, 2.05) is 6.92 Å². The van der Waals surface area contributed by atoms with Crippen molar-refractivity contribution >= 4 is 28.2 Å². The number of pyridine rings is 1. The van der Waals surface area contributed by atoms with Gasteiger partial charge in [0, 0.05) is 28.4 Å². The van der Waals surface area contributed by atoms with Crippen molar-refractivity contribution in [3.8, 4) is 0 Å². The molecule has 3 N–H and O–H groups in total. The van der Waals surface area contributed by atoms with Gasteiger partial charge in [0.25, 0.3) is 5.91 Å². The number of aryl methyl sites for hydroxylation is 1. The summed E-state index contributed by atoms with van der Waals surface area (Å²) in [4.78, 5) is 37.6. The third kappa shape index (κ3) is 2.74. The van der Waals surface area contributed by atoms with Crippen LogP contribution in [0.5, 0.6) is 0 Å². The van der Waals surface area contributed by atoms with E-state index in [-0.39, 0.29) is 11.1 Å². The van der Waals surface area contributed by atoms with E-state index in [9.17, 15) is 19.7 Å². The zero-order valence-corrected chi connectivity index (χ0v) is 12.6. The molecule has 2 heterocycles. The van der Waals surface area contributed by atoms with E-state index in [4.69, 9.17) is 0 Å². The van der Waals surface area contributed by atoms with E-state index in [0.29, 0.717) is 23.0 Å². The van der Waals surface area contributed by atoms with Gasteiger partial charge in [-0.2, -0.15) is 5.10 Å². The molecule has 0 saturated carbocycles. The summed E-state index contributed by atoms with van der Waals surface area (Å²) in [5.74, 6) is -0.708. The Hall–Kier alpha value is -3.49. The Morgan fingerprint density at radius 3 is 2.88 bits per heavy atom. The average molecular weight is 327 g/mol. The molecule has 0 unspecified atom stereocenters. The Balaban J connectivity index is 1.94. The van der Waals surface area contributed by atoms with Crippen LogP contribution in [0.3, 0.4) is 0 Å². The summed E-state index contributed by atoms with van der Waals surface area (Å²) in [6.07, 6.45) is 1.67. The number of amides is 1. The number of aromatic amines is 2. The fraction of sp³-hybridized carbons (Fsp3) is 0.133. The molecule has 9 heteroatoms. The van der Waals surface area contributed by atoms with Gasteiger partial charge in [-0.05, 0) is 24.6 Å². The van der Waals surface area contributed by atoms with Gasteiger partial charge >= 0.3 is 5.69 Å². The minimum atomic E-state index is -0.708. The SMILES string of the molecule is CCc1cc(=O)c2cc(NC(=O)c3[nH]ncc3[N+](=O)[O-])ccc2[nH]1. The second-order valence-corrected chi connectivity index (χ2v) is 5.11. The fourth-order valence-corrected chi connectivity index (χ4v) is 2.35. The van der Waals surface area contributed by atoms with Crippen molar-refractivity contribution < 1.29 is 9.72 Å². The third-order valence-corrected chi connectivity index (χ3v) is 3.57. The van der Waals surface area contributed by atoms with Crippen LogP contribution >= 0.6 is 0 Å². The van der Waals surface area contributed by atoms with Crippen LogP contribution in [0.25, 0.3) is 10.9 Å². The van der Waals surface area contributed by atoms with Crippen LogP contribution in [0, 0.1) is 10.1 Å². The van der Waals surface area contributed by atoms with Crippen LogP contribution in [0.4, 0.5) is 11.4 Å². The van der Waals surface area contributed by atoms with Crippen LogP contribution in [0.2, 0.25) is 0 Å². The Morgan fingerprint density at radius 2 is 2.17 bits per heavy atom. The number of aromatic nitrogens is 3. The molecule has 1 aromatic carbocycles. The number of nitrogens with zero attached hydrogens (tertiary/aromatic N) is 2. The largest absolute Gasteiger partial charge is 0.358 e. The quantitative estimate of drug-likeness (QED) is 0.497. The molecule has 3 aromatic rings. The van der Waals surface area contributed by atoms with E-state index in [1.165, 1.54) is 12.1 Å². The lowest BCUT2D eigenvalue weighted by molar-refractivity contribution is -0.385. The van der Waals surface area contributed by atoms with E-state index in [2.05, 4.69) is 20.5 Å². The Kier molecular flexibility index (Phi) is 3.82. The third-order valence-electron chi connectivity index (χ3n) is 3.57. The molecule has 0 aliphatic heterocycles. The van der Waals surface area contributed by atoms with Gasteiger partial charge in [-0.15, -0.1) is 0 Å². The maximum absolute atomic E-state index is 12.1. The van der Waals surface area contributed by atoms with Crippen molar-refractivity contribution in [1.82, 2.24) is 15.2 Å². The van der Waals surface area contributed by atoms with Gasteiger partial charge in [0.15, 0.2) is 5.43 Å². The van der Waals surface area contributed by atoms with Crippen molar-refractivity contribution in [1.29, 1.82) is 0 Å². The smallest absolute Gasteiger partial charge is 0.319 e. The zero-order valence-electron chi connectivity index (χ0n) is 12.6. The molecule has 24 heavy (non-hydrogen) atoms. The highest BCUT2D eigenvalue weighted by Crippen LogP contribution is 2.19. The number of anilines is 1. The van der Waals surface area contributed by atoms with Gasteiger partial charge in [-0.1, -0.05) is 6.92 Å². The lowest BCUT2D eigenvalue weighted by Gasteiger charge is -2.06. The van der Waals surface area contributed by atoms with Crippen molar-refractivity contribution in [2.75, 3.05) is 5.32 Å². The van der Waals surface area contributed by atoms with Gasteiger partial charge in [0.05, 0.1) is 4.92 Å². The van der Waals surface area contributed by atoms with Gasteiger partial charge < -0.3 is 10.3 Å². The van der Waals surface area contributed by atoms with Crippen molar-refractivity contribution in [2.24, 2.45) is 0 Å². The van der Waals surface area contributed by atoms with Crippen molar-refractivity contribution in [3.05, 3.63) is 62.2 Å². The molecule has 0 atom stereocenters. The Labute approximate surface area is 134 Å². The molecule has 0 radical (unpaired) electrons. The molecular weight excluding hydrogens is 314 g/mol. The number of hydrogen-bond donors (Lipinski definition) is 3. The van der Waals surface area contributed by atoms with Crippen LogP contribution in [0.1, 0.15) is 23.1 Å². The molecule has 122 valence electrons. The highest BCUT2D eigenvalue weighted by Gasteiger charge is 2.22. The van der Waals surface area contributed by atoms with E-state index in [1.54, 1.807) is 12.1 Å². The van der Waals surface area contributed by atoms with E-state index in [0.717, 1.165) is 11.9 Å². The molecule has 1 amide bonds. The number of nitro groups is 1. The maximum Gasteiger partial charge on any atom is 0.319 e. The Bertz CT molecular complexity index is 1000. The molecular formula is C15H13N5O4. The second-order valence-electron chi connectivity index (χ2n) is 5.11. The van der Waals surface area contributed by atoms with Crippen LogP contribution in [-0.2, 0) is 6.42 Å². The number of carbonyl (C=O) groups excluding carboxylic acids is 1. The number of fused-ring (bicyclic) bond motifs is 1.